The Kier molecular flexibility index (Phi) is 7.14. The minimum Gasteiger partial charge on any atom is -0.389 e. The maximum Gasteiger partial charge on any atom is 0.348 e. The maximum atomic E-state index is 15.2. The van der Waals surface area contributed by atoms with E-state index in [2.05, 4.69) is 5.32 Å². The van der Waals surface area contributed by atoms with Crippen LogP contribution in [0.3, 0.4) is 0 Å². The van der Waals surface area contributed by atoms with E-state index in [-0.39, 0.29) is 29.7 Å². The second-order valence-corrected chi connectivity index (χ2v) is 11.0. The van der Waals surface area contributed by atoms with Crippen molar-refractivity contribution in [2.24, 2.45) is 0 Å². The summed E-state index contributed by atoms with van der Waals surface area (Å²) in [5.41, 5.74) is 2.59. The van der Waals surface area contributed by atoms with Crippen molar-refractivity contribution in [1.82, 2.24) is 15.0 Å². The van der Waals surface area contributed by atoms with Gasteiger partial charge in [-0.2, -0.15) is 8.78 Å². The average Bonchev–Trinajstić information content (AvgIpc) is 3.06. The molecule has 190 valence electrons. The first-order valence-electron chi connectivity index (χ1n) is 12.3. The van der Waals surface area contributed by atoms with Crippen molar-refractivity contribution in [2.45, 2.75) is 36.1 Å². The van der Waals surface area contributed by atoms with E-state index in [1.807, 2.05) is 15.7 Å². The number of hydrogen-bond acceptors (Lipinski definition) is 4. The van der Waals surface area contributed by atoms with Gasteiger partial charge in [-0.3, -0.25) is 24.5 Å². The first-order chi connectivity index (χ1) is 17.6. The Morgan fingerprint density at radius 2 is 1.79 bits per heavy atom. The number of nitrogens with one attached hydrogen (secondary N) is 1. The highest BCUT2D eigenvalue weighted by molar-refractivity contribution is 6.50. The van der Waals surface area contributed by atoms with Crippen LogP contribution in [0, 0.1) is 0 Å². The zero-order valence-corrected chi connectivity index (χ0v) is 22.9. The number of imide groups is 1. The third-order valence-electron chi connectivity index (χ3n) is 7.82. The number of halogens is 3. The molecule has 1 N–H and O–H groups in total. The van der Waals surface area contributed by atoms with E-state index in [0.717, 1.165) is 16.9 Å². The number of amides is 4. The number of rotatable bonds is 5. The molecule has 0 bridgehead atoms. The van der Waals surface area contributed by atoms with Crippen LogP contribution < -0.4 is 16.2 Å². The van der Waals surface area contributed by atoms with Gasteiger partial charge in [0.1, 0.15) is 45.3 Å². The third-order valence-corrected chi connectivity index (χ3v) is 8.07. The first kappa shape index (κ1) is 28.1. The van der Waals surface area contributed by atoms with Crippen molar-refractivity contribution < 1.29 is 28.0 Å². The highest BCUT2D eigenvalue weighted by Crippen LogP contribution is 2.38. The molecule has 0 radical (unpaired) electrons. The molecule has 16 heteroatoms. The fourth-order valence-electron chi connectivity index (χ4n) is 5.76. The molecular formula is C22H24B6ClF2N3O4. The largest absolute Gasteiger partial charge is 0.389 e. The van der Waals surface area contributed by atoms with Gasteiger partial charge in [0.05, 0.1) is 0 Å². The Hall–Kier alpha value is -2.94. The number of piperidine rings is 1. The molecule has 1 saturated heterocycles. The van der Waals surface area contributed by atoms with Crippen molar-refractivity contribution in [1.29, 1.82) is 0 Å². The van der Waals surface area contributed by atoms with Gasteiger partial charge in [0, 0.05) is 33.8 Å². The summed E-state index contributed by atoms with van der Waals surface area (Å²) in [6.07, 6.45) is 0.341. The van der Waals surface area contributed by atoms with Crippen molar-refractivity contribution >= 4 is 93.4 Å². The number of benzene rings is 2. The fourth-order valence-corrected chi connectivity index (χ4v) is 5.89. The van der Waals surface area contributed by atoms with E-state index in [0.29, 0.717) is 27.6 Å². The van der Waals surface area contributed by atoms with Crippen LogP contribution in [0.25, 0.3) is 0 Å². The molecule has 2 heterocycles. The first-order valence-corrected chi connectivity index (χ1v) is 12.7. The third kappa shape index (κ3) is 4.38. The Bertz CT molecular complexity index is 1380. The summed E-state index contributed by atoms with van der Waals surface area (Å²) < 4.78 is 30.3. The normalized spacial score (nSPS) is 19.6. The van der Waals surface area contributed by atoms with Crippen LogP contribution in [0.2, 0.25) is 5.02 Å². The van der Waals surface area contributed by atoms with Crippen molar-refractivity contribution in [3.05, 3.63) is 57.6 Å². The van der Waals surface area contributed by atoms with Crippen LogP contribution >= 0.6 is 11.6 Å². The van der Waals surface area contributed by atoms with E-state index < -0.39 is 40.6 Å². The number of hydrogen-bond donors (Lipinski definition) is 1. The molecule has 2 aliphatic heterocycles. The zero-order valence-electron chi connectivity index (χ0n) is 22.1. The second-order valence-electron chi connectivity index (χ2n) is 10.5. The van der Waals surface area contributed by atoms with E-state index in [1.54, 1.807) is 29.6 Å². The molecule has 2 unspecified atom stereocenters. The van der Waals surface area contributed by atoms with Gasteiger partial charge >= 0.3 is 5.92 Å². The highest BCUT2D eigenvalue weighted by atomic mass is 35.5. The van der Waals surface area contributed by atoms with Gasteiger partial charge in [-0.25, -0.2) is 0 Å². The monoisotopic (exact) mass is 533 g/mol. The molecule has 2 aromatic carbocycles. The molecule has 0 aromatic heterocycles. The molecular weight excluding hydrogens is 509 g/mol. The summed E-state index contributed by atoms with van der Waals surface area (Å²) in [5, 5.41) is 1.68. The molecule has 4 amide bonds. The number of carbonyl (C=O) groups excluding carboxylic acids is 4. The number of fused-ring (bicyclic) bond motifs is 1. The van der Waals surface area contributed by atoms with Crippen LogP contribution in [-0.2, 0) is 25.6 Å². The summed E-state index contributed by atoms with van der Waals surface area (Å²) in [6, 6.07) is 5.80. The van der Waals surface area contributed by atoms with Gasteiger partial charge in [-0.15, -0.1) is 0 Å². The zero-order chi connectivity index (χ0) is 28.3. The van der Waals surface area contributed by atoms with Gasteiger partial charge in [0.25, 0.3) is 11.8 Å². The summed E-state index contributed by atoms with van der Waals surface area (Å²) in [6.45, 7) is 0. The maximum absolute atomic E-state index is 15.2. The summed E-state index contributed by atoms with van der Waals surface area (Å²) in [4.78, 5) is 53.5. The fraction of sp³-hybridized carbons (Fsp3) is 0.273. The summed E-state index contributed by atoms with van der Waals surface area (Å²) >= 11 is 5.82. The molecule has 0 spiro atoms. The Balaban J connectivity index is 1.71. The Morgan fingerprint density at radius 1 is 1.18 bits per heavy atom. The summed E-state index contributed by atoms with van der Waals surface area (Å²) in [5.74, 6) is -7.11. The van der Waals surface area contributed by atoms with E-state index in [9.17, 15) is 19.2 Å². The minimum atomic E-state index is -3.77. The smallest absolute Gasteiger partial charge is 0.348 e. The van der Waals surface area contributed by atoms with Crippen molar-refractivity contribution in [3.63, 3.8) is 0 Å². The minimum absolute atomic E-state index is 0.127. The number of alkyl halides is 2. The molecule has 2 aliphatic rings. The highest BCUT2D eigenvalue weighted by Gasteiger charge is 2.51. The van der Waals surface area contributed by atoms with Gasteiger partial charge in [-0.1, -0.05) is 40.7 Å². The van der Waals surface area contributed by atoms with Gasteiger partial charge in [0.2, 0.25) is 19.8 Å². The quantitative estimate of drug-likeness (QED) is 0.310. The van der Waals surface area contributed by atoms with Gasteiger partial charge in [-0.05, 0) is 29.7 Å². The second kappa shape index (κ2) is 9.67. The lowest BCUT2D eigenvalue weighted by molar-refractivity contribution is -0.154. The van der Waals surface area contributed by atoms with Crippen LogP contribution in [0.15, 0.2) is 30.3 Å². The van der Waals surface area contributed by atoms with Crippen LogP contribution in [0.4, 0.5) is 8.78 Å². The molecule has 0 saturated carbocycles. The lowest BCUT2D eigenvalue weighted by atomic mass is 9.54. The molecule has 38 heavy (non-hydrogen) atoms. The average molecular weight is 533 g/mol. The van der Waals surface area contributed by atoms with Crippen LogP contribution in [0.5, 0.6) is 0 Å². The van der Waals surface area contributed by atoms with E-state index >= 15 is 8.78 Å². The van der Waals surface area contributed by atoms with E-state index in [4.69, 9.17) is 11.6 Å². The van der Waals surface area contributed by atoms with Gasteiger partial charge < -0.3 is 9.71 Å². The van der Waals surface area contributed by atoms with Crippen molar-refractivity contribution in [3.8, 4) is 0 Å². The molecule has 4 rings (SSSR count). The topological polar surface area (TPSA) is 86.8 Å². The Morgan fingerprint density at radius 3 is 2.37 bits per heavy atom. The molecule has 2 atom stereocenters. The number of nitrogens with zero attached hydrogens (tertiary/aromatic N) is 2. The molecule has 1 fully saturated rings. The Labute approximate surface area is 229 Å². The van der Waals surface area contributed by atoms with Crippen LogP contribution in [-0.4, -0.2) is 86.6 Å². The van der Waals surface area contributed by atoms with Crippen molar-refractivity contribution in [2.75, 3.05) is 0 Å². The predicted octanol–water partition coefficient (Wildman–Crippen LogP) is -4.71. The predicted molar refractivity (Wildman–Crippen MR) is 156 cm³/mol. The standard InChI is InChI=1S/C22H24B6ClF2N3O4/c23-11-7-10(17(25)34(28)20(38)21(30,31)8-1-3-9(29)4-2-8)16(24)15-14(11)19(37)33(22(15,26)27)12-5-6-13(35)32-18(12)36/h1-4,7,12,17H,5-6,23-28H2,(H,32,35,36). The lowest BCUT2D eigenvalue weighted by Crippen LogP contribution is -2.59. The molecule has 2 aromatic rings. The SMILES string of the molecule is Bc1cc(C(B)N(B)C(=O)C(F)(F)c2ccc(Cl)cc2)c(B)c2c1C(=O)N(C1CCC(=O)NC1=O)C2(B)B. The lowest BCUT2D eigenvalue weighted by Gasteiger charge is -2.41. The molecule has 7 nitrogen and oxygen atoms in total. The van der Waals surface area contributed by atoms with E-state index in [1.165, 1.54) is 25.0 Å². The van der Waals surface area contributed by atoms with Gasteiger partial charge in [0.15, 0.2) is 0 Å². The number of carbonyl (C=O) groups is 4. The summed E-state index contributed by atoms with van der Waals surface area (Å²) in [7, 11) is 10.2. The molecule has 0 aliphatic carbocycles. The van der Waals surface area contributed by atoms with Crippen LogP contribution in [0.1, 0.15) is 45.8 Å².